The number of carbonyl (C=O) groups is 3. The van der Waals surface area contributed by atoms with Crippen LogP contribution < -0.4 is 0 Å². The molecule has 6 heteroatoms. The lowest BCUT2D eigenvalue weighted by Crippen LogP contribution is -2.26. The van der Waals surface area contributed by atoms with E-state index in [1.807, 2.05) is 13.0 Å². The topological polar surface area (TPSA) is 74.7 Å². The van der Waals surface area contributed by atoms with Gasteiger partial charge in [0.2, 0.25) is 0 Å². The standard InChI is InChI=1S/C11H13NO2.C7H7F.C4H6O2/c1-12-5-4-8-2-3-9(11(13)14)6-10(8)7-12;1-6-2-4-7(8)5-3-6;1-2-4(6)3-5/h2-3,6H,4-5,7H2,1H3,(H,13,14);2-5H,1H3;3H,2H2,1H3. The number of nitrogens with zero attached hydrogens (tertiary/aromatic N) is 1. The number of halogens is 1. The van der Waals surface area contributed by atoms with Gasteiger partial charge in [-0.3, -0.25) is 9.59 Å². The summed E-state index contributed by atoms with van der Waals surface area (Å²) in [6.07, 6.45) is 1.68. The Morgan fingerprint density at radius 1 is 1.14 bits per heavy atom. The van der Waals surface area contributed by atoms with Gasteiger partial charge in [0.1, 0.15) is 5.82 Å². The van der Waals surface area contributed by atoms with Crippen molar-refractivity contribution in [1.82, 2.24) is 4.90 Å². The van der Waals surface area contributed by atoms with Gasteiger partial charge in [0, 0.05) is 19.5 Å². The Balaban J connectivity index is 0.000000238. The van der Waals surface area contributed by atoms with Crippen molar-refractivity contribution in [1.29, 1.82) is 0 Å². The Labute approximate surface area is 164 Å². The fourth-order valence-corrected chi connectivity index (χ4v) is 2.45. The molecule has 2 aromatic rings. The maximum atomic E-state index is 12.1. The van der Waals surface area contributed by atoms with Gasteiger partial charge in [-0.25, -0.2) is 9.18 Å². The summed E-state index contributed by atoms with van der Waals surface area (Å²) in [4.78, 5) is 32.2. The van der Waals surface area contributed by atoms with Crippen LogP contribution in [0.15, 0.2) is 42.5 Å². The van der Waals surface area contributed by atoms with Gasteiger partial charge in [-0.15, -0.1) is 0 Å². The quantitative estimate of drug-likeness (QED) is 0.642. The van der Waals surface area contributed by atoms with E-state index in [2.05, 4.69) is 11.9 Å². The Morgan fingerprint density at radius 3 is 2.25 bits per heavy atom. The third kappa shape index (κ3) is 8.22. The van der Waals surface area contributed by atoms with Crippen LogP contribution >= 0.6 is 0 Å². The van der Waals surface area contributed by atoms with Gasteiger partial charge in [-0.2, -0.15) is 0 Å². The molecule has 0 fully saturated rings. The van der Waals surface area contributed by atoms with Crippen molar-refractivity contribution >= 4 is 18.0 Å². The van der Waals surface area contributed by atoms with Crippen LogP contribution in [-0.4, -0.2) is 41.6 Å². The van der Waals surface area contributed by atoms with Crippen LogP contribution in [0.5, 0.6) is 0 Å². The first-order valence-corrected chi connectivity index (χ1v) is 9.00. The van der Waals surface area contributed by atoms with Gasteiger partial charge in [-0.1, -0.05) is 30.7 Å². The van der Waals surface area contributed by atoms with Crippen molar-refractivity contribution in [3.05, 3.63) is 70.5 Å². The second-order valence-electron chi connectivity index (χ2n) is 6.51. The summed E-state index contributed by atoms with van der Waals surface area (Å²) in [5.41, 5.74) is 3.91. The lowest BCUT2D eigenvalue weighted by atomic mass is 9.98. The number of rotatable bonds is 3. The van der Waals surface area contributed by atoms with E-state index in [1.54, 1.807) is 31.2 Å². The van der Waals surface area contributed by atoms with Gasteiger partial charge in [0.15, 0.2) is 12.1 Å². The molecule has 5 nitrogen and oxygen atoms in total. The molecule has 1 heterocycles. The molecule has 0 aliphatic carbocycles. The summed E-state index contributed by atoms with van der Waals surface area (Å²) in [7, 11) is 2.05. The van der Waals surface area contributed by atoms with Gasteiger partial charge < -0.3 is 10.0 Å². The number of likely N-dealkylation sites (N-methyl/N-ethyl adjacent to an activating group) is 1. The average molecular weight is 387 g/mol. The molecule has 0 bridgehead atoms. The Kier molecular flexibility index (Phi) is 9.74. The highest BCUT2D eigenvalue weighted by Crippen LogP contribution is 2.19. The number of aryl methyl sites for hydroxylation is 1. The molecule has 0 saturated heterocycles. The number of aromatic carboxylic acids is 1. The molecule has 0 radical (unpaired) electrons. The summed E-state index contributed by atoms with van der Waals surface area (Å²) in [5.74, 6) is -1.35. The van der Waals surface area contributed by atoms with Crippen LogP contribution in [0, 0.1) is 12.7 Å². The molecule has 1 aliphatic rings. The number of carbonyl (C=O) groups excluding carboxylic acids is 2. The molecule has 0 aromatic heterocycles. The summed E-state index contributed by atoms with van der Waals surface area (Å²) in [5, 5.41) is 8.84. The molecule has 3 rings (SSSR count). The lowest BCUT2D eigenvalue weighted by Gasteiger charge is -2.24. The number of carboxylic acid groups (broad SMARTS) is 1. The molecular weight excluding hydrogens is 361 g/mol. The van der Waals surface area contributed by atoms with E-state index in [1.165, 1.54) is 17.7 Å². The third-order valence-electron chi connectivity index (χ3n) is 4.15. The van der Waals surface area contributed by atoms with E-state index >= 15 is 0 Å². The zero-order chi connectivity index (χ0) is 21.1. The number of ketones is 1. The van der Waals surface area contributed by atoms with Crippen molar-refractivity contribution in [2.24, 2.45) is 0 Å². The number of fused-ring (bicyclic) bond motifs is 1. The number of hydrogen-bond acceptors (Lipinski definition) is 4. The van der Waals surface area contributed by atoms with E-state index in [9.17, 15) is 18.8 Å². The highest BCUT2D eigenvalue weighted by atomic mass is 19.1. The highest BCUT2D eigenvalue weighted by Gasteiger charge is 2.14. The lowest BCUT2D eigenvalue weighted by molar-refractivity contribution is -0.129. The highest BCUT2D eigenvalue weighted by molar-refractivity contribution is 6.24. The summed E-state index contributed by atoms with van der Waals surface area (Å²) < 4.78 is 12.1. The molecule has 150 valence electrons. The number of aldehydes is 1. The number of carboxylic acids is 1. The zero-order valence-corrected chi connectivity index (χ0v) is 16.4. The minimum atomic E-state index is -0.846. The van der Waals surface area contributed by atoms with Crippen LogP contribution in [0.1, 0.15) is 40.4 Å². The van der Waals surface area contributed by atoms with E-state index in [4.69, 9.17) is 5.11 Å². The minimum Gasteiger partial charge on any atom is -0.478 e. The number of Topliss-reactive ketones (excluding diaryl/α,β-unsaturated/α-hetero) is 1. The van der Waals surface area contributed by atoms with Crippen molar-refractivity contribution in [2.75, 3.05) is 13.6 Å². The first-order chi connectivity index (χ1) is 13.3. The largest absolute Gasteiger partial charge is 0.478 e. The van der Waals surface area contributed by atoms with Crippen molar-refractivity contribution in [2.45, 2.75) is 33.2 Å². The molecule has 0 spiro atoms. The SMILES string of the molecule is CCC(=O)C=O.CN1CCc2ccc(C(=O)O)cc2C1.Cc1ccc(F)cc1. The first kappa shape index (κ1) is 23.2. The smallest absolute Gasteiger partial charge is 0.335 e. The fraction of sp³-hybridized carbons (Fsp3) is 0.318. The van der Waals surface area contributed by atoms with Crippen molar-refractivity contribution < 1.29 is 23.9 Å². The van der Waals surface area contributed by atoms with E-state index < -0.39 is 5.97 Å². The molecular formula is C22H26FNO4. The van der Waals surface area contributed by atoms with Crippen LogP contribution in [0.2, 0.25) is 0 Å². The average Bonchev–Trinajstić information content (AvgIpc) is 2.69. The predicted molar refractivity (Wildman–Crippen MR) is 106 cm³/mol. The van der Waals surface area contributed by atoms with Crippen LogP contribution in [0.25, 0.3) is 0 Å². The van der Waals surface area contributed by atoms with Crippen LogP contribution in [0.3, 0.4) is 0 Å². The van der Waals surface area contributed by atoms with Crippen LogP contribution in [-0.2, 0) is 22.6 Å². The summed E-state index contributed by atoms with van der Waals surface area (Å²) in [6, 6.07) is 11.8. The molecule has 0 atom stereocenters. The minimum absolute atomic E-state index is 0.171. The van der Waals surface area contributed by atoms with Gasteiger partial charge in [-0.05, 0) is 55.8 Å². The van der Waals surface area contributed by atoms with Gasteiger partial charge in [0.25, 0.3) is 0 Å². The molecule has 0 saturated carbocycles. The Bertz CT molecular complexity index is 782. The van der Waals surface area contributed by atoms with E-state index in [0.717, 1.165) is 30.6 Å². The van der Waals surface area contributed by atoms with E-state index in [-0.39, 0.29) is 11.6 Å². The third-order valence-corrected chi connectivity index (χ3v) is 4.15. The summed E-state index contributed by atoms with van der Waals surface area (Å²) >= 11 is 0. The van der Waals surface area contributed by atoms with Crippen molar-refractivity contribution in [3.63, 3.8) is 0 Å². The first-order valence-electron chi connectivity index (χ1n) is 9.00. The van der Waals surface area contributed by atoms with Gasteiger partial charge >= 0.3 is 5.97 Å². The molecule has 1 aliphatic heterocycles. The van der Waals surface area contributed by atoms with Crippen LogP contribution in [0.4, 0.5) is 4.39 Å². The molecule has 0 unspecified atom stereocenters. The Hall–Kier alpha value is -2.86. The van der Waals surface area contributed by atoms with Gasteiger partial charge in [0.05, 0.1) is 5.56 Å². The second-order valence-corrected chi connectivity index (χ2v) is 6.51. The second kappa shape index (κ2) is 11.8. The van der Waals surface area contributed by atoms with E-state index in [0.29, 0.717) is 18.3 Å². The monoisotopic (exact) mass is 387 g/mol. The fourth-order valence-electron chi connectivity index (χ4n) is 2.45. The van der Waals surface area contributed by atoms with Crippen molar-refractivity contribution in [3.8, 4) is 0 Å². The normalized spacial score (nSPS) is 12.4. The Morgan fingerprint density at radius 2 is 1.79 bits per heavy atom. The maximum absolute atomic E-state index is 12.1. The molecule has 1 N–H and O–H groups in total. The molecule has 0 amide bonds. The number of benzene rings is 2. The maximum Gasteiger partial charge on any atom is 0.335 e. The number of hydrogen-bond donors (Lipinski definition) is 1. The summed E-state index contributed by atoms with van der Waals surface area (Å²) in [6.45, 7) is 5.49. The molecule has 2 aromatic carbocycles. The molecule has 28 heavy (non-hydrogen) atoms. The zero-order valence-electron chi connectivity index (χ0n) is 16.4. The predicted octanol–water partition coefficient (Wildman–Crippen LogP) is 3.67.